The molecule has 1 amide bonds. The summed E-state index contributed by atoms with van der Waals surface area (Å²) >= 11 is 0. The Kier molecular flexibility index (Phi) is 6.12. The van der Waals surface area contributed by atoms with E-state index in [2.05, 4.69) is 19.2 Å². The number of hydrogen-bond acceptors (Lipinski definition) is 4. The highest BCUT2D eigenvalue weighted by atomic mass is 16.5. The fourth-order valence-corrected chi connectivity index (χ4v) is 3.63. The molecule has 1 aliphatic rings. The molecule has 2 aromatic carbocycles. The third kappa shape index (κ3) is 4.24. The highest BCUT2D eigenvalue weighted by molar-refractivity contribution is 5.81. The average Bonchev–Trinajstić information content (AvgIpc) is 2.74. The monoisotopic (exact) mass is 383 g/mol. The van der Waals surface area contributed by atoms with Gasteiger partial charge in [0.05, 0.1) is 13.2 Å². The predicted octanol–water partition coefficient (Wildman–Crippen LogP) is 4.66. The van der Waals surface area contributed by atoms with E-state index in [1.54, 1.807) is 26.2 Å². The molecule has 2 aromatic rings. The van der Waals surface area contributed by atoms with Gasteiger partial charge in [-0.15, -0.1) is 0 Å². The molecule has 0 fully saturated rings. The van der Waals surface area contributed by atoms with Crippen LogP contribution in [0.4, 0.5) is 0 Å². The molecule has 0 radical (unpaired) electrons. The first kappa shape index (κ1) is 20.1. The smallest absolute Gasteiger partial charge is 0.261 e. The van der Waals surface area contributed by atoms with Crippen molar-refractivity contribution in [1.82, 2.24) is 5.32 Å². The van der Waals surface area contributed by atoms with Gasteiger partial charge in [-0.2, -0.15) is 0 Å². The number of methoxy groups -OCH3 is 1. The van der Waals surface area contributed by atoms with Crippen molar-refractivity contribution in [1.29, 1.82) is 0 Å². The van der Waals surface area contributed by atoms with Crippen LogP contribution in [0.1, 0.15) is 51.6 Å². The Hall–Kier alpha value is -2.69. The summed E-state index contributed by atoms with van der Waals surface area (Å²) in [5.41, 5.74) is 0.761. The number of fused-ring (bicyclic) bond motifs is 1. The maximum Gasteiger partial charge on any atom is 0.261 e. The predicted molar refractivity (Wildman–Crippen MR) is 109 cm³/mol. The number of carbonyl (C=O) groups is 1. The Morgan fingerprint density at radius 3 is 2.43 bits per heavy atom. The number of amides is 1. The lowest BCUT2D eigenvalue weighted by Crippen LogP contribution is -2.46. The van der Waals surface area contributed by atoms with Gasteiger partial charge in [-0.05, 0) is 50.1 Å². The summed E-state index contributed by atoms with van der Waals surface area (Å²) in [6, 6.07) is 15.1. The van der Waals surface area contributed by atoms with E-state index >= 15 is 0 Å². The number of hydrogen-bond donors (Lipinski definition) is 1. The zero-order valence-electron chi connectivity index (χ0n) is 17.0. The van der Waals surface area contributed by atoms with Crippen LogP contribution in [0.2, 0.25) is 0 Å². The van der Waals surface area contributed by atoms with Gasteiger partial charge in [0.15, 0.2) is 6.10 Å². The van der Waals surface area contributed by atoms with Crippen LogP contribution >= 0.6 is 0 Å². The second-order valence-corrected chi connectivity index (χ2v) is 7.23. The first-order valence-corrected chi connectivity index (χ1v) is 9.89. The highest BCUT2D eigenvalue weighted by Crippen LogP contribution is 2.42. The van der Waals surface area contributed by atoms with Gasteiger partial charge in [0.25, 0.3) is 5.91 Å². The second kappa shape index (κ2) is 8.55. The number of nitrogens with one attached hydrogen (secondary N) is 1. The lowest BCUT2D eigenvalue weighted by atomic mass is 9.83. The third-order valence-electron chi connectivity index (χ3n) is 5.54. The Morgan fingerprint density at radius 2 is 1.79 bits per heavy atom. The van der Waals surface area contributed by atoms with Crippen LogP contribution in [0, 0.1) is 0 Å². The van der Waals surface area contributed by atoms with E-state index in [1.165, 1.54) is 0 Å². The minimum absolute atomic E-state index is 0.0979. The Balaban J connectivity index is 1.72. The van der Waals surface area contributed by atoms with Crippen molar-refractivity contribution in [3.05, 3.63) is 54.1 Å². The maximum absolute atomic E-state index is 12.8. The first-order valence-electron chi connectivity index (χ1n) is 9.89. The molecule has 1 N–H and O–H groups in total. The van der Waals surface area contributed by atoms with Gasteiger partial charge in [-0.1, -0.05) is 32.0 Å². The van der Waals surface area contributed by atoms with Crippen LogP contribution in [0.3, 0.4) is 0 Å². The Labute approximate surface area is 167 Å². The molecule has 150 valence electrons. The number of para-hydroxylation sites is 1. The quantitative estimate of drug-likeness (QED) is 0.755. The van der Waals surface area contributed by atoms with E-state index in [0.717, 1.165) is 36.3 Å². The zero-order chi connectivity index (χ0) is 20.1. The molecule has 0 aliphatic carbocycles. The molecular weight excluding hydrogens is 354 g/mol. The number of rotatable bonds is 7. The van der Waals surface area contributed by atoms with Gasteiger partial charge in [0.2, 0.25) is 0 Å². The van der Waals surface area contributed by atoms with Crippen LogP contribution in [0.15, 0.2) is 48.5 Å². The number of carbonyl (C=O) groups excluding carboxylic acids is 1. The molecule has 1 aliphatic heterocycles. The molecule has 0 saturated carbocycles. The molecule has 0 aromatic heterocycles. The summed E-state index contributed by atoms with van der Waals surface area (Å²) in [6.45, 7) is 6.02. The van der Waals surface area contributed by atoms with Gasteiger partial charge in [-0.25, -0.2) is 0 Å². The van der Waals surface area contributed by atoms with E-state index in [9.17, 15) is 4.79 Å². The largest absolute Gasteiger partial charge is 0.497 e. The summed E-state index contributed by atoms with van der Waals surface area (Å²) in [7, 11) is 1.62. The zero-order valence-corrected chi connectivity index (χ0v) is 17.0. The van der Waals surface area contributed by atoms with Crippen molar-refractivity contribution in [3.63, 3.8) is 0 Å². The molecule has 1 heterocycles. The van der Waals surface area contributed by atoms with Crippen molar-refractivity contribution in [2.24, 2.45) is 0 Å². The fraction of sp³-hybridized carbons (Fsp3) is 0.435. The highest BCUT2D eigenvalue weighted by Gasteiger charge is 2.39. The van der Waals surface area contributed by atoms with Gasteiger partial charge in [-0.3, -0.25) is 4.79 Å². The van der Waals surface area contributed by atoms with Gasteiger partial charge >= 0.3 is 0 Å². The third-order valence-corrected chi connectivity index (χ3v) is 5.54. The van der Waals surface area contributed by atoms with Crippen LogP contribution in [-0.4, -0.2) is 24.7 Å². The van der Waals surface area contributed by atoms with Crippen molar-refractivity contribution in [2.75, 3.05) is 7.11 Å². The summed E-state index contributed by atoms with van der Waals surface area (Å²) in [5.74, 6) is 2.09. The lowest BCUT2D eigenvalue weighted by molar-refractivity contribution is -0.128. The molecule has 5 heteroatoms. The fourth-order valence-electron chi connectivity index (χ4n) is 3.63. The van der Waals surface area contributed by atoms with E-state index < -0.39 is 6.10 Å². The van der Waals surface area contributed by atoms with Crippen molar-refractivity contribution < 1.29 is 19.0 Å². The van der Waals surface area contributed by atoms with Crippen LogP contribution in [0.25, 0.3) is 0 Å². The van der Waals surface area contributed by atoms with Crippen molar-refractivity contribution in [2.45, 2.75) is 57.8 Å². The standard InChI is InChI=1S/C23H29NO4/c1-5-23(6-2)15-20(19-9-7-8-10-21(19)28-23)24-22(25)16(3)27-18-13-11-17(26-4)12-14-18/h7-14,16,20H,5-6,15H2,1-4H3,(H,24,25)/t16-,20-/m1/s1. The second-order valence-electron chi connectivity index (χ2n) is 7.23. The van der Waals surface area contributed by atoms with E-state index in [-0.39, 0.29) is 17.6 Å². The van der Waals surface area contributed by atoms with Crippen LogP contribution in [0.5, 0.6) is 17.2 Å². The maximum atomic E-state index is 12.8. The summed E-state index contributed by atoms with van der Waals surface area (Å²) in [4.78, 5) is 12.8. The molecule has 0 bridgehead atoms. The SMILES string of the molecule is CCC1(CC)C[C@@H](NC(=O)[C@@H](C)Oc2ccc(OC)cc2)c2ccccc2O1. The van der Waals surface area contributed by atoms with E-state index in [4.69, 9.17) is 14.2 Å². The van der Waals surface area contributed by atoms with E-state index in [0.29, 0.717) is 5.75 Å². The van der Waals surface area contributed by atoms with E-state index in [1.807, 2.05) is 36.4 Å². The molecule has 0 spiro atoms. The molecule has 0 saturated heterocycles. The van der Waals surface area contributed by atoms with Gasteiger partial charge in [0, 0.05) is 12.0 Å². The van der Waals surface area contributed by atoms with Crippen LogP contribution in [-0.2, 0) is 4.79 Å². The van der Waals surface area contributed by atoms with Crippen molar-refractivity contribution in [3.8, 4) is 17.2 Å². The Bertz CT molecular complexity index is 799. The Morgan fingerprint density at radius 1 is 1.14 bits per heavy atom. The number of ether oxygens (including phenoxy) is 3. The topological polar surface area (TPSA) is 56.8 Å². The normalized spacial score (nSPS) is 18.4. The van der Waals surface area contributed by atoms with Gasteiger partial charge < -0.3 is 19.5 Å². The van der Waals surface area contributed by atoms with Crippen molar-refractivity contribution >= 4 is 5.91 Å². The molecule has 28 heavy (non-hydrogen) atoms. The molecule has 0 unspecified atom stereocenters. The average molecular weight is 383 g/mol. The first-order chi connectivity index (χ1) is 13.5. The molecule has 2 atom stereocenters. The summed E-state index contributed by atoms with van der Waals surface area (Å²) in [5, 5.41) is 3.17. The minimum Gasteiger partial charge on any atom is -0.497 e. The van der Waals surface area contributed by atoms with Gasteiger partial charge in [0.1, 0.15) is 22.8 Å². The molecular formula is C23H29NO4. The van der Waals surface area contributed by atoms with Crippen LogP contribution < -0.4 is 19.5 Å². The molecule has 5 nitrogen and oxygen atoms in total. The number of benzene rings is 2. The summed E-state index contributed by atoms with van der Waals surface area (Å²) in [6.07, 6.45) is 1.92. The minimum atomic E-state index is -0.610. The molecule has 3 rings (SSSR count). The lowest BCUT2D eigenvalue weighted by Gasteiger charge is -2.41. The summed E-state index contributed by atoms with van der Waals surface area (Å²) < 4.78 is 17.3.